The van der Waals surface area contributed by atoms with Crippen LogP contribution in [0.15, 0.2) is 70.5 Å². The van der Waals surface area contributed by atoms with Gasteiger partial charge in [0, 0.05) is 9.79 Å². The minimum atomic E-state index is 0.131. The molecule has 0 bridgehead atoms. The van der Waals surface area contributed by atoms with E-state index in [4.69, 9.17) is 0 Å². The molecule has 0 atom stereocenters. The fraction of sp³-hybridized carbons (Fsp3) is 0.333. The molecule has 4 aliphatic rings. The highest BCUT2D eigenvalue weighted by Crippen LogP contribution is 2.49. The molecule has 0 aromatic rings. The first-order valence-electron chi connectivity index (χ1n) is 11.3. The van der Waals surface area contributed by atoms with Gasteiger partial charge in [-0.1, -0.05) is 90.1 Å². The van der Waals surface area contributed by atoms with Gasteiger partial charge in [0.05, 0.1) is 0 Å². The summed E-state index contributed by atoms with van der Waals surface area (Å²) in [5, 5.41) is 0. The predicted molar refractivity (Wildman–Crippen MR) is 146 cm³/mol. The molecule has 4 aliphatic carbocycles. The van der Waals surface area contributed by atoms with Crippen molar-refractivity contribution in [3.05, 3.63) is 71.8 Å². The van der Waals surface area contributed by atoms with E-state index < -0.39 is 0 Å². The monoisotopic (exact) mass is 458 g/mol. The van der Waals surface area contributed by atoms with Crippen molar-refractivity contribution >= 4 is 23.5 Å². The molecule has 0 fully saturated rings. The van der Waals surface area contributed by atoms with Crippen LogP contribution in [-0.4, -0.2) is 12.5 Å². The molecule has 0 saturated carbocycles. The Balaban J connectivity index is 1.99. The van der Waals surface area contributed by atoms with Crippen molar-refractivity contribution in [1.29, 1.82) is 0 Å². The first-order chi connectivity index (χ1) is 15.0. The van der Waals surface area contributed by atoms with E-state index in [1.807, 2.05) is 23.5 Å². The fourth-order valence-corrected chi connectivity index (χ4v) is 5.69. The van der Waals surface area contributed by atoms with Crippen LogP contribution in [0.5, 0.6) is 0 Å². The van der Waals surface area contributed by atoms with Gasteiger partial charge in [-0.25, -0.2) is 0 Å². The number of fused-ring (bicyclic) bond motifs is 2. The summed E-state index contributed by atoms with van der Waals surface area (Å²) in [6.45, 7) is 13.7. The first kappa shape index (κ1) is 23.3. The standard InChI is InChI=1S/C30H34S2/c1-29(2,3)19-9-13-21-23(15-11-19)27(31-7)17-25(21)26-18-28(32-8)24-16-12-20(30(4,5)6)10-14-22(24)26/h9-18H,1-8H3. The first-order valence-corrected chi connectivity index (χ1v) is 13.7. The quantitative estimate of drug-likeness (QED) is 0.280. The molecule has 0 N–H and O–H groups in total. The molecule has 0 spiro atoms. The van der Waals surface area contributed by atoms with Crippen LogP contribution in [0.25, 0.3) is 33.4 Å². The van der Waals surface area contributed by atoms with Crippen LogP contribution in [0.1, 0.15) is 52.7 Å². The number of thioether (sulfide) groups is 2. The number of hydrogen-bond donors (Lipinski definition) is 0. The minimum absolute atomic E-state index is 0.131. The maximum Gasteiger partial charge on any atom is 0.0154 e. The van der Waals surface area contributed by atoms with Crippen molar-refractivity contribution in [3.8, 4) is 33.4 Å². The molecule has 4 rings (SSSR count). The van der Waals surface area contributed by atoms with Crippen LogP contribution < -0.4 is 0 Å². The lowest BCUT2D eigenvalue weighted by molar-refractivity contribution is 0.590. The van der Waals surface area contributed by atoms with Crippen molar-refractivity contribution in [2.45, 2.75) is 62.2 Å². The van der Waals surface area contributed by atoms with Gasteiger partial charge in [-0.2, -0.15) is 0 Å². The minimum Gasteiger partial charge on any atom is -0.129 e. The third kappa shape index (κ3) is 4.20. The van der Waals surface area contributed by atoms with Gasteiger partial charge in [-0.15, -0.1) is 23.5 Å². The molecule has 0 unspecified atom stereocenters. The van der Waals surface area contributed by atoms with Crippen molar-refractivity contribution in [2.75, 3.05) is 12.5 Å². The van der Waals surface area contributed by atoms with Gasteiger partial charge < -0.3 is 0 Å². The van der Waals surface area contributed by atoms with E-state index in [1.54, 1.807) is 0 Å². The number of rotatable bonds is 3. The number of hydrogen-bond acceptors (Lipinski definition) is 2. The van der Waals surface area contributed by atoms with Gasteiger partial charge in [-0.05, 0) is 80.0 Å². The van der Waals surface area contributed by atoms with E-state index in [-0.39, 0.29) is 10.8 Å². The molecular formula is C30H34S2. The van der Waals surface area contributed by atoms with Crippen molar-refractivity contribution in [2.24, 2.45) is 0 Å². The Morgan fingerprint density at radius 2 is 0.750 bits per heavy atom. The smallest absolute Gasteiger partial charge is 0.0154 e. The molecule has 166 valence electrons. The van der Waals surface area contributed by atoms with E-state index in [9.17, 15) is 0 Å². The van der Waals surface area contributed by atoms with Crippen LogP contribution >= 0.6 is 23.5 Å². The van der Waals surface area contributed by atoms with Crippen LogP contribution in [0.2, 0.25) is 0 Å². The summed E-state index contributed by atoms with van der Waals surface area (Å²) >= 11 is 3.68. The second-order valence-electron chi connectivity index (χ2n) is 10.7. The molecule has 0 aliphatic heterocycles. The molecule has 0 saturated heterocycles. The second kappa shape index (κ2) is 8.47. The van der Waals surface area contributed by atoms with Gasteiger partial charge in [-0.3, -0.25) is 0 Å². The Kier molecular flexibility index (Phi) is 6.15. The Hall–Kier alpha value is -1.90. The molecule has 0 aromatic carbocycles. The lowest BCUT2D eigenvalue weighted by Crippen LogP contribution is -2.09. The highest BCUT2D eigenvalue weighted by molar-refractivity contribution is 7.99. The molecule has 32 heavy (non-hydrogen) atoms. The summed E-state index contributed by atoms with van der Waals surface area (Å²) in [5.41, 5.74) is 11.0. The Labute approximate surface area is 202 Å². The second-order valence-corrected chi connectivity index (χ2v) is 12.3. The fourth-order valence-electron chi connectivity index (χ4n) is 4.42. The largest absolute Gasteiger partial charge is 0.129 e. The third-order valence-corrected chi connectivity index (χ3v) is 7.98. The Morgan fingerprint density at radius 3 is 1.03 bits per heavy atom. The summed E-state index contributed by atoms with van der Waals surface area (Å²) in [4.78, 5) is 2.70. The average Bonchev–Trinajstić information content (AvgIpc) is 3.01. The van der Waals surface area contributed by atoms with E-state index in [0.717, 1.165) is 0 Å². The highest BCUT2D eigenvalue weighted by Gasteiger charge is 2.24. The summed E-state index contributed by atoms with van der Waals surface area (Å²) < 4.78 is 0. The maximum absolute atomic E-state index is 2.39. The molecule has 0 heterocycles. The lowest BCUT2D eigenvalue weighted by Gasteiger charge is -2.17. The molecule has 0 aromatic heterocycles. The summed E-state index contributed by atoms with van der Waals surface area (Å²) in [6.07, 6.45) is 4.37. The Morgan fingerprint density at radius 1 is 0.438 bits per heavy atom. The van der Waals surface area contributed by atoms with E-state index in [1.165, 1.54) is 54.3 Å². The predicted octanol–water partition coefficient (Wildman–Crippen LogP) is 9.60. The Bertz CT molecular complexity index is 1110. The highest BCUT2D eigenvalue weighted by atomic mass is 32.2. The van der Waals surface area contributed by atoms with Crippen LogP contribution in [0.3, 0.4) is 0 Å². The molecule has 0 amide bonds. The van der Waals surface area contributed by atoms with Crippen LogP contribution in [0, 0.1) is 0 Å². The van der Waals surface area contributed by atoms with E-state index in [0.29, 0.717) is 0 Å². The van der Waals surface area contributed by atoms with Gasteiger partial charge in [0.25, 0.3) is 0 Å². The molecule has 0 radical (unpaired) electrons. The van der Waals surface area contributed by atoms with Gasteiger partial charge >= 0.3 is 0 Å². The molecule has 2 heteroatoms. The molecule has 0 nitrogen and oxygen atoms in total. The van der Waals surface area contributed by atoms with Crippen molar-refractivity contribution in [3.63, 3.8) is 0 Å². The third-order valence-electron chi connectivity index (χ3n) is 6.42. The topological polar surface area (TPSA) is 0 Å². The average molecular weight is 459 g/mol. The van der Waals surface area contributed by atoms with Crippen LogP contribution in [0.4, 0.5) is 0 Å². The van der Waals surface area contributed by atoms with E-state index >= 15 is 0 Å². The van der Waals surface area contributed by atoms with Gasteiger partial charge in [0.2, 0.25) is 0 Å². The lowest BCUT2D eigenvalue weighted by atomic mass is 9.88. The zero-order valence-corrected chi connectivity index (χ0v) is 22.2. The molecular weight excluding hydrogens is 424 g/mol. The summed E-state index contributed by atoms with van der Waals surface area (Å²) in [5.74, 6) is 0. The summed E-state index contributed by atoms with van der Waals surface area (Å²) in [6, 6.07) is 23.3. The zero-order chi connectivity index (χ0) is 23.3. The summed E-state index contributed by atoms with van der Waals surface area (Å²) in [7, 11) is 0. The van der Waals surface area contributed by atoms with Crippen molar-refractivity contribution < 1.29 is 0 Å². The maximum atomic E-state index is 2.39. The van der Waals surface area contributed by atoms with Gasteiger partial charge in [0.1, 0.15) is 0 Å². The zero-order valence-electron chi connectivity index (χ0n) is 20.6. The SMILES string of the molecule is CSc1cc(-c2cc(SC)c3ccc(C(C)(C)C)ccc2-3)c2ccc(C(C)(C)C)ccc1-2. The van der Waals surface area contributed by atoms with Crippen molar-refractivity contribution in [1.82, 2.24) is 0 Å². The van der Waals surface area contributed by atoms with Gasteiger partial charge in [0.15, 0.2) is 0 Å². The van der Waals surface area contributed by atoms with E-state index in [2.05, 4.69) is 115 Å². The van der Waals surface area contributed by atoms with Crippen LogP contribution in [-0.2, 0) is 10.8 Å². The normalized spacial score (nSPS) is 12.6.